The Hall–Kier alpha value is -3.05. The van der Waals surface area contributed by atoms with Crippen molar-refractivity contribution in [3.8, 4) is 16.3 Å². The van der Waals surface area contributed by atoms with Gasteiger partial charge in [0.25, 0.3) is 5.91 Å². The molecule has 2 aromatic heterocycles. The maximum Gasteiger partial charge on any atom is 0.435 e. The molecular formula is C26H27F3N4O3S. The quantitative estimate of drug-likeness (QED) is 0.395. The van der Waals surface area contributed by atoms with Gasteiger partial charge in [0.2, 0.25) is 0 Å². The van der Waals surface area contributed by atoms with Crippen molar-refractivity contribution in [2.24, 2.45) is 5.92 Å². The number of amides is 1. The number of nitrogens with zero attached hydrogens (tertiary/aromatic N) is 3. The smallest absolute Gasteiger partial charge is 0.435 e. The van der Waals surface area contributed by atoms with Crippen molar-refractivity contribution in [1.29, 1.82) is 0 Å². The highest BCUT2D eigenvalue weighted by Crippen LogP contribution is 2.41. The number of rotatable bonds is 8. The van der Waals surface area contributed by atoms with Gasteiger partial charge in [-0.3, -0.25) is 4.79 Å². The van der Waals surface area contributed by atoms with Crippen LogP contribution < -0.4 is 10.1 Å². The Morgan fingerprint density at radius 2 is 2.05 bits per heavy atom. The van der Waals surface area contributed by atoms with E-state index in [1.54, 1.807) is 30.4 Å². The number of hydrogen-bond acceptors (Lipinski definition) is 7. The van der Waals surface area contributed by atoms with E-state index in [-0.39, 0.29) is 5.69 Å². The first-order valence-electron chi connectivity index (χ1n) is 12.3. The summed E-state index contributed by atoms with van der Waals surface area (Å²) < 4.78 is 49.9. The van der Waals surface area contributed by atoms with Gasteiger partial charge in [0.1, 0.15) is 10.8 Å². The molecule has 0 bridgehead atoms. The van der Waals surface area contributed by atoms with E-state index < -0.39 is 23.8 Å². The van der Waals surface area contributed by atoms with Crippen molar-refractivity contribution < 1.29 is 27.4 Å². The summed E-state index contributed by atoms with van der Waals surface area (Å²) in [5, 5.41) is 10.5. The summed E-state index contributed by atoms with van der Waals surface area (Å²) in [4.78, 5) is 19.0. The van der Waals surface area contributed by atoms with Crippen LogP contribution >= 0.6 is 11.3 Å². The first kappa shape index (κ1) is 25.6. The predicted octanol–water partition coefficient (Wildman–Crippen LogP) is 5.79. The van der Waals surface area contributed by atoms with Gasteiger partial charge in [0.05, 0.1) is 24.9 Å². The van der Waals surface area contributed by atoms with Gasteiger partial charge >= 0.3 is 6.18 Å². The van der Waals surface area contributed by atoms with E-state index >= 15 is 0 Å². The molecule has 2 aliphatic rings. The summed E-state index contributed by atoms with van der Waals surface area (Å²) >= 11 is 1.63. The van der Waals surface area contributed by atoms with Crippen LogP contribution in [0.2, 0.25) is 0 Å². The zero-order valence-corrected chi connectivity index (χ0v) is 21.1. The lowest BCUT2D eigenvalue weighted by Crippen LogP contribution is -2.27. The highest BCUT2D eigenvalue weighted by molar-refractivity contribution is 7.15. The van der Waals surface area contributed by atoms with Crippen LogP contribution in [-0.2, 0) is 10.9 Å². The van der Waals surface area contributed by atoms with Gasteiger partial charge in [-0.2, -0.15) is 18.3 Å². The largest absolute Gasteiger partial charge is 0.493 e. The van der Waals surface area contributed by atoms with Gasteiger partial charge < -0.3 is 14.8 Å². The van der Waals surface area contributed by atoms with E-state index in [1.165, 1.54) is 30.2 Å². The van der Waals surface area contributed by atoms with Gasteiger partial charge in [-0.25, -0.2) is 4.98 Å². The third kappa shape index (κ3) is 6.10. The number of carbonyl (C=O) groups excluding carboxylic acids is 1. The summed E-state index contributed by atoms with van der Waals surface area (Å²) in [6.07, 6.45) is 1.85. The average Bonchev–Trinajstić information content (AvgIpc) is 3.54. The number of aromatic nitrogens is 3. The molecule has 5 rings (SSSR count). The van der Waals surface area contributed by atoms with Crippen LogP contribution in [0, 0.1) is 5.92 Å². The van der Waals surface area contributed by atoms with E-state index in [9.17, 15) is 18.0 Å². The maximum absolute atomic E-state index is 13.2. The number of halogens is 3. The molecule has 1 saturated carbocycles. The molecule has 1 amide bonds. The molecule has 1 aliphatic heterocycles. The normalized spacial score (nSPS) is 18.9. The van der Waals surface area contributed by atoms with Crippen LogP contribution in [-0.4, -0.2) is 40.9 Å². The van der Waals surface area contributed by atoms with Gasteiger partial charge in [-0.15, -0.1) is 16.4 Å². The Morgan fingerprint density at radius 3 is 2.70 bits per heavy atom. The van der Waals surface area contributed by atoms with Crippen molar-refractivity contribution in [1.82, 2.24) is 20.5 Å². The number of alkyl halides is 3. The predicted molar refractivity (Wildman–Crippen MR) is 131 cm³/mol. The maximum atomic E-state index is 13.2. The lowest BCUT2D eigenvalue weighted by atomic mass is 9.85. The van der Waals surface area contributed by atoms with E-state index in [0.717, 1.165) is 29.7 Å². The van der Waals surface area contributed by atoms with Gasteiger partial charge in [0, 0.05) is 34.7 Å². The van der Waals surface area contributed by atoms with E-state index in [0.29, 0.717) is 36.4 Å². The molecule has 196 valence electrons. The Kier molecular flexibility index (Phi) is 7.43. The molecular weight excluding hydrogens is 505 g/mol. The fourth-order valence-electron chi connectivity index (χ4n) is 4.25. The number of carbonyl (C=O) groups is 1. The molecule has 11 heteroatoms. The summed E-state index contributed by atoms with van der Waals surface area (Å²) in [5.41, 5.74) is 0.284. The average molecular weight is 533 g/mol. The molecule has 1 aliphatic carbocycles. The summed E-state index contributed by atoms with van der Waals surface area (Å²) in [6, 6.07) is 6.73. The van der Waals surface area contributed by atoms with E-state index in [4.69, 9.17) is 9.47 Å². The molecule has 37 heavy (non-hydrogen) atoms. The molecule has 1 saturated heterocycles. The van der Waals surface area contributed by atoms with Crippen molar-refractivity contribution in [2.75, 3.05) is 19.8 Å². The lowest BCUT2D eigenvalue weighted by Gasteiger charge is -2.23. The first-order chi connectivity index (χ1) is 17.8. The van der Waals surface area contributed by atoms with Crippen molar-refractivity contribution in [3.05, 3.63) is 58.4 Å². The van der Waals surface area contributed by atoms with Crippen LogP contribution in [0.15, 0.2) is 36.5 Å². The minimum Gasteiger partial charge on any atom is -0.493 e. The van der Waals surface area contributed by atoms with Crippen LogP contribution in [0.25, 0.3) is 10.6 Å². The number of hydrogen-bond donors (Lipinski definition) is 1. The number of nitrogens with one attached hydrogen (secondary N) is 1. The Bertz CT molecular complexity index is 1240. The Balaban J connectivity index is 1.35. The van der Waals surface area contributed by atoms with Crippen LogP contribution in [0.1, 0.15) is 71.2 Å². The first-order valence-corrected chi connectivity index (χ1v) is 13.1. The topological polar surface area (TPSA) is 86.2 Å². The lowest BCUT2D eigenvalue weighted by molar-refractivity contribution is -0.141. The molecule has 0 unspecified atom stereocenters. The standard InChI is InChI=1S/C26H27F3N4O3S/c1-15(21-5-6-23(33-32-21)26(27,28)29)31-24(34)18-9-19(25-30-12-22(37-25)17-3-2-4-17)11-20(10-18)36-14-16-7-8-35-13-16/h5-6,9-12,15-17H,2-4,7-8,13-14H2,1H3,(H,31,34)/t15-,16-/m1/s1. The molecule has 1 aromatic carbocycles. The minimum atomic E-state index is -4.58. The molecule has 2 atom stereocenters. The van der Waals surface area contributed by atoms with Crippen LogP contribution in [0.5, 0.6) is 5.75 Å². The number of thiazole rings is 1. The second-order valence-electron chi connectivity index (χ2n) is 9.52. The third-order valence-electron chi connectivity index (χ3n) is 6.72. The molecule has 0 radical (unpaired) electrons. The summed E-state index contributed by atoms with van der Waals surface area (Å²) in [6.45, 7) is 3.49. The highest BCUT2D eigenvalue weighted by atomic mass is 32.1. The second-order valence-corrected chi connectivity index (χ2v) is 10.6. The SMILES string of the molecule is C[C@@H](NC(=O)c1cc(OC[C@@H]2CCOC2)cc(-c2ncc(C3CCC3)s2)c1)c1ccc(C(F)(F)F)nn1. The van der Waals surface area contributed by atoms with Crippen molar-refractivity contribution in [3.63, 3.8) is 0 Å². The Labute approximate surface area is 216 Å². The fraction of sp³-hybridized carbons (Fsp3) is 0.462. The van der Waals surface area contributed by atoms with Gasteiger partial charge in [-0.05, 0) is 62.4 Å². The molecule has 1 N–H and O–H groups in total. The monoisotopic (exact) mass is 532 g/mol. The zero-order valence-electron chi connectivity index (χ0n) is 20.3. The number of benzene rings is 1. The van der Waals surface area contributed by atoms with E-state index in [2.05, 4.69) is 20.5 Å². The summed E-state index contributed by atoms with van der Waals surface area (Å²) in [7, 11) is 0. The number of ether oxygens (including phenoxy) is 2. The minimum absolute atomic E-state index is 0.222. The van der Waals surface area contributed by atoms with Gasteiger partial charge in [-0.1, -0.05) is 6.42 Å². The molecule has 3 aromatic rings. The van der Waals surface area contributed by atoms with E-state index in [1.807, 2.05) is 12.3 Å². The molecule has 3 heterocycles. The molecule has 2 fully saturated rings. The second kappa shape index (κ2) is 10.7. The fourth-order valence-corrected chi connectivity index (χ4v) is 5.32. The van der Waals surface area contributed by atoms with Crippen LogP contribution in [0.4, 0.5) is 13.2 Å². The molecule has 0 spiro atoms. The van der Waals surface area contributed by atoms with Crippen LogP contribution in [0.3, 0.4) is 0 Å². The Morgan fingerprint density at radius 1 is 1.22 bits per heavy atom. The summed E-state index contributed by atoms with van der Waals surface area (Å²) in [5.74, 6) is 1.00. The zero-order chi connectivity index (χ0) is 26.0. The van der Waals surface area contributed by atoms with Crippen molar-refractivity contribution in [2.45, 2.75) is 50.7 Å². The van der Waals surface area contributed by atoms with Gasteiger partial charge in [0.15, 0.2) is 5.69 Å². The highest BCUT2D eigenvalue weighted by Gasteiger charge is 2.33. The van der Waals surface area contributed by atoms with Crippen molar-refractivity contribution >= 4 is 17.2 Å². The molecule has 7 nitrogen and oxygen atoms in total. The third-order valence-corrected chi connectivity index (χ3v) is 7.93.